The van der Waals surface area contributed by atoms with E-state index in [1.807, 2.05) is 7.05 Å². The van der Waals surface area contributed by atoms with E-state index in [4.69, 9.17) is 0 Å². The van der Waals surface area contributed by atoms with Gasteiger partial charge in [-0.15, -0.1) is 0 Å². The number of piperidine rings is 1. The van der Waals surface area contributed by atoms with Crippen LogP contribution in [0.4, 0.5) is 0 Å². The zero-order chi connectivity index (χ0) is 12.9. The Bertz CT molecular complexity index is 344. The molecule has 1 amide bonds. The van der Waals surface area contributed by atoms with Crippen molar-refractivity contribution in [1.82, 2.24) is 10.2 Å². The van der Waals surface area contributed by atoms with Crippen molar-refractivity contribution in [2.45, 2.75) is 70.5 Å². The minimum absolute atomic E-state index is 0.303. The Morgan fingerprint density at radius 2 is 1.94 bits per heavy atom. The minimum Gasteiger partial charge on any atom is -0.342 e. The highest BCUT2D eigenvalue weighted by molar-refractivity contribution is 5.82. The molecule has 0 spiro atoms. The molecule has 4 unspecified atom stereocenters. The normalized spacial score (nSPS) is 45.9. The van der Waals surface area contributed by atoms with Crippen LogP contribution in [-0.2, 0) is 4.79 Å². The van der Waals surface area contributed by atoms with Crippen LogP contribution in [0.3, 0.4) is 0 Å². The Hall–Kier alpha value is -0.570. The van der Waals surface area contributed by atoms with Gasteiger partial charge in [0.15, 0.2) is 0 Å². The number of hydrogen-bond donors (Lipinski definition) is 1. The molecule has 4 atom stereocenters. The van der Waals surface area contributed by atoms with Crippen molar-refractivity contribution in [2.75, 3.05) is 7.05 Å². The highest BCUT2D eigenvalue weighted by atomic mass is 16.2. The predicted molar refractivity (Wildman–Crippen MR) is 72.2 cm³/mol. The van der Waals surface area contributed by atoms with E-state index in [0.717, 1.165) is 25.7 Å². The Balaban J connectivity index is 1.61. The predicted octanol–water partition coefficient (Wildman–Crippen LogP) is 2.16. The molecule has 2 saturated heterocycles. The fourth-order valence-electron chi connectivity index (χ4n) is 3.95. The van der Waals surface area contributed by atoms with Crippen LogP contribution in [0.15, 0.2) is 0 Å². The lowest BCUT2D eigenvalue weighted by Crippen LogP contribution is -2.49. The van der Waals surface area contributed by atoms with Gasteiger partial charge in [0.1, 0.15) is 0 Å². The standard InChI is InChI=1S/C15H26N2O/c1-4-15(2)9-13(15)14(18)17(3)12-7-10-5-6-11(8-12)16-10/h10-13,16H,4-9H2,1-3H3. The highest BCUT2D eigenvalue weighted by Crippen LogP contribution is 2.55. The van der Waals surface area contributed by atoms with E-state index in [9.17, 15) is 4.79 Å². The van der Waals surface area contributed by atoms with E-state index >= 15 is 0 Å². The van der Waals surface area contributed by atoms with Gasteiger partial charge in [0.25, 0.3) is 0 Å². The molecule has 1 saturated carbocycles. The van der Waals surface area contributed by atoms with Gasteiger partial charge in [0, 0.05) is 31.1 Å². The van der Waals surface area contributed by atoms with Gasteiger partial charge in [-0.1, -0.05) is 13.8 Å². The molecule has 3 aliphatic rings. The van der Waals surface area contributed by atoms with Crippen molar-refractivity contribution in [3.63, 3.8) is 0 Å². The summed E-state index contributed by atoms with van der Waals surface area (Å²) >= 11 is 0. The number of fused-ring (bicyclic) bond motifs is 2. The largest absolute Gasteiger partial charge is 0.342 e. The molecule has 3 fully saturated rings. The first-order valence-electron chi connectivity index (χ1n) is 7.56. The Morgan fingerprint density at radius 3 is 2.44 bits per heavy atom. The number of carbonyl (C=O) groups is 1. The van der Waals surface area contributed by atoms with Gasteiger partial charge < -0.3 is 10.2 Å². The summed E-state index contributed by atoms with van der Waals surface area (Å²) < 4.78 is 0. The highest BCUT2D eigenvalue weighted by Gasteiger charge is 2.54. The monoisotopic (exact) mass is 250 g/mol. The third-order valence-electron chi connectivity index (χ3n) is 5.80. The van der Waals surface area contributed by atoms with E-state index in [2.05, 4.69) is 24.1 Å². The summed E-state index contributed by atoms with van der Waals surface area (Å²) in [4.78, 5) is 14.6. The number of rotatable bonds is 3. The molecule has 0 aromatic rings. The molecule has 3 rings (SSSR count). The fourth-order valence-corrected chi connectivity index (χ4v) is 3.95. The van der Waals surface area contributed by atoms with Gasteiger partial charge in [0.05, 0.1) is 0 Å². The number of amides is 1. The topological polar surface area (TPSA) is 32.3 Å². The van der Waals surface area contributed by atoms with Crippen LogP contribution in [0.1, 0.15) is 52.4 Å². The van der Waals surface area contributed by atoms with Gasteiger partial charge in [-0.2, -0.15) is 0 Å². The van der Waals surface area contributed by atoms with E-state index < -0.39 is 0 Å². The molecule has 2 bridgehead atoms. The maximum atomic E-state index is 12.5. The third kappa shape index (κ3) is 1.97. The molecule has 102 valence electrons. The Morgan fingerprint density at radius 1 is 1.33 bits per heavy atom. The van der Waals surface area contributed by atoms with Crippen LogP contribution in [0, 0.1) is 11.3 Å². The molecular weight excluding hydrogens is 224 g/mol. The summed E-state index contributed by atoms with van der Waals surface area (Å²) in [6, 6.07) is 1.82. The van der Waals surface area contributed by atoms with Crippen LogP contribution in [0.2, 0.25) is 0 Å². The summed E-state index contributed by atoms with van der Waals surface area (Å²) in [6.45, 7) is 4.47. The lowest BCUT2D eigenvalue weighted by molar-refractivity contribution is -0.134. The first kappa shape index (κ1) is 12.5. The molecule has 0 aromatic heterocycles. The van der Waals surface area contributed by atoms with E-state index in [-0.39, 0.29) is 0 Å². The number of hydrogen-bond acceptors (Lipinski definition) is 2. The number of carbonyl (C=O) groups excluding carboxylic acids is 1. The SMILES string of the molecule is CCC1(C)CC1C(=O)N(C)C1CC2CCC(C1)N2. The zero-order valence-electron chi connectivity index (χ0n) is 11.9. The van der Waals surface area contributed by atoms with Crippen molar-refractivity contribution >= 4 is 5.91 Å². The summed E-state index contributed by atoms with van der Waals surface area (Å²) in [5.41, 5.74) is 0.303. The van der Waals surface area contributed by atoms with Crippen molar-refractivity contribution in [2.24, 2.45) is 11.3 Å². The molecule has 1 N–H and O–H groups in total. The van der Waals surface area contributed by atoms with Gasteiger partial charge in [-0.05, 0) is 43.9 Å². The maximum absolute atomic E-state index is 12.5. The molecule has 3 nitrogen and oxygen atoms in total. The quantitative estimate of drug-likeness (QED) is 0.832. The van der Waals surface area contributed by atoms with Crippen molar-refractivity contribution in [3.8, 4) is 0 Å². The van der Waals surface area contributed by atoms with Crippen LogP contribution >= 0.6 is 0 Å². The molecular formula is C15H26N2O. The Kier molecular flexibility index (Phi) is 2.92. The smallest absolute Gasteiger partial charge is 0.226 e. The van der Waals surface area contributed by atoms with Gasteiger partial charge in [0.2, 0.25) is 5.91 Å². The molecule has 0 aromatic carbocycles. The summed E-state index contributed by atoms with van der Waals surface area (Å²) in [6.07, 6.45) is 7.17. The zero-order valence-corrected chi connectivity index (χ0v) is 11.9. The van der Waals surface area contributed by atoms with Crippen LogP contribution in [0.25, 0.3) is 0 Å². The average Bonchev–Trinajstić information content (AvgIpc) is 2.96. The average molecular weight is 250 g/mol. The van der Waals surface area contributed by atoms with Gasteiger partial charge in [-0.25, -0.2) is 0 Å². The third-order valence-corrected chi connectivity index (χ3v) is 5.80. The molecule has 0 radical (unpaired) electrons. The Labute approximate surface area is 110 Å². The van der Waals surface area contributed by atoms with Gasteiger partial charge >= 0.3 is 0 Å². The first-order valence-corrected chi connectivity index (χ1v) is 7.56. The molecule has 3 heteroatoms. The van der Waals surface area contributed by atoms with E-state index in [1.165, 1.54) is 12.8 Å². The lowest BCUT2D eigenvalue weighted by atomic mass is 9.97. The second kappa shape index (κ2) is 4.22. The summed E-state index contributed by atoms with van der Waals surface area (Å²) in [5.74, 6) is 0.714. The summed E-state index contributed by atoms with van der Waals surface area (Å²) in [5, 5.41) is 3.65. The second-order valence-electron chi connectivity index (χ2n) is 6.98. The number of nitrogens with zero attached hydrogens (tertiary/aromatic N) is 1. The number of nitrogens with one attached hydrogen (secondary N) is 1. The maximum Gasteiger partial charge on any atom is 0.226 e. The van der Waals surface area contributed by atoms with E-state index in [1.54, 1.807) is 0 Å². The van der Waals surface area contributed by atoms with Crippen LogP contribution in [-0.4, -0.2) is 36.0 Å². The van der Waals surface area contributed by atoms with E-state index in [0.29, 0.717) is 35.4 Å². The molecule has 1 aliphatic carbocycles. The second-order valence-corrected chi connectivity index (χ2v) is 6.98. The lowest BCUT2D eigenvalue weighted by Gasteiger charge is -2.36. The summed E-state index contributed by atoms with van der Waals surface area (Å²) in [7, 11) is 2.03. The van der Waals surface area contributed by atoms with Crippen LogP contribution < -0.4 is 5.32 Å². The van der Waals surface area contributed by atoms with Crippen molar-refractivity contribution in [3.05, 3.63) is 0 Å². The molecule has 2 heterocycles. The first-order chi connectivity index (χ1) is 8.53. The van der Waals surface area contributed by atoms with Gasteiger partial charge in [-0.3, -0.25) is 4.79 Å². The molecule has 18 heavy (non-hydrogen) atoms. The van der Waals surface area contributed by atoms with Crippen molar-refractivity contribution < 1.29 is 4.79 Å². The van der Waals surface area contributed by atoms with Crippen molar-refractivity contribution in [1.29, 1.82) is 0 Å². The fraction of sp³-hybridized carbons (Fsp3) is 0.933. The van der Waals surface area contributed by atoms with Crippen LogP contribution in [0.5, 0.6) is 0 Å². The molecule has 2 aliphatic heterocycles. The minimum atomic E-state index is 0.303.